The smallest absolute Gasteiger partial charge is 0.161 e. The van der Waals surface area contributed by atoms with Crippen molar-refractivity contribution >= 4 is 0 Å². The molecule has 1 aliphatic carbocycles. The van der Waals surface area contributed by atoms with Crippen LogP contribution in [0.15, 0.2) is 30.4 Å². The second kappa shape index (κ2) is 5.63. The van der Waals surface area contributed by atoms with Gasteiger partial charge in [-0.25, -0.2) is 0 Å². The van der Waals surface area contributed by atoms with Gasteiger partial charge in [-0.05, 0) is 24.1 Å². The summed E-state index contributed by atoms with van der Waals surface area (Å²) < 4.78 is 11.1. The Morgan fingerprint density at radius 3 is 2.79 bits per heavy atom. The molecule has 0 amide bonds. The van der Waals surface area contributed by atoms with Crippen LogP contribution in [0, 0.1) is 5.92 Å². The molecule has 0 saturated carbocycles. The minimum absolute atomic E-state index is 0.235. The first-order chi connectivity index (χ1) is 9.35. The lowest BCUT2D eigenvalue weighted by Crippen LogP contribution is -2.26. The van der Waals surface area contributed by atoms with E-state index in [0.29, 0.717) is 25.2 Å². The molecule has 3 rings (SSSR count). The van der Waals surface area contributed by atoms with E-state index in [1.165, 1.54) is 5.56 Å². The van der Waals surface area contributed by atoms with Crippen molar-refractivity contribution in [1.29, 1.82) is 0 Å². The van der Waals surface area contributed by atoms with Crippen LogP contribution in [0.2, 0.25) is 0 Å². The third kappa shape index (κ3) is 2.91. The van der Waals surface area contributed by atoms with E-state index in [2.05, 4.69) is 23.5 Å². The summed E-state index contributed by atoms with van der Waals surface area (Å²) in [7, 11) is 0. The number of fused-ring (bicyclic) bond motifs is 1. The molecule has 1 aliphatic heterocycles. The van der Waals surface area contributed by atoms with Gasteiger partial charge < -0.3 is 19.9 Å². The van der Waals surface area contributed by atoms with E-state index in [0.717, 1.165) is 24.5 Å². The third-order valence-corrected chi connectivity index (χ3v) is 3.58. The Morgan fingerprint density at radius 2 is 2.00 bits per heavy atom. The summed E-state index contributed by atoms with van der Waals surface area (Å²) in [6.07, 6.45) is 5.20. The summed E-state index contributed by atoms with van der Waals surface area (Å²) in [5.41, 5.74) is 1.19. The lowest BCUT2D eigenvalue weighted by atomic mass is 10.1. The number of aliphatic hydroxyl groups is 1. The van der Waals surface area contributed by atoms with Crippen molar-refractivity contribution < 1.29 is 14.6 Å². The van der Waals surface area contributed by atoms with Crippen LogP contribution in [0.1, 0.15) is 12.0 Å². The zero-order chi connectivity index (χ0) is 13.1. The highest BCUT2D eigenvalue weighted by molar-refractivity contribution is 5.43. The van der Waals surface area contributed by atoms with Gasteiger partial charge in [-0.15, -0.1) is 0 Å². The minimum atomic E-state index is 0.235. The monoisotopic (exact) mass is 261 g/mol. The molecule has 19 heavy (non-hydrogen) atoms. The van der Waals surface area contributed by atoms with Gasteiger partial charge in [-0.3, -0.25) is 0 Å². The highest BCUT2D eigenvalue weighted by Gasteiger charge is 2.18. The number of hydrogen-bond acceptors (Lipinski definition) is 4. The standard InChI is InChI=1S/C15H19NO3/c17-10-12-1-3-13(7-12)16-9-11-2-4-14-15(8-11)19-6-5-18-14/h1-4,8,12-13,16-17H,5-7,9-10H2/t12-,13+/m0/s1. The van der Waals surface area contributed by atoms with Crippen LogP contribution in [0.4, 0.5) is 0 Å². The molecule has 0 bridgehead atoms. The predicted molar refractivity (Wildman–Crippen MR) is 72.4 cm³/mol. The van der Waals surface area contributed by atoms with Crippen molar-refractivity contribution in [3.63, 3.8) is 0 Å². The molecule has 2 atom stereocenters. The summed E-state index contributed by atoms with van der Waals surface area (Å²) in [5, 5.41) is 12.6. The normalized spacial score (nSPS) is 24.7. The van der Waals surface area contributed by atoms with Gasteiger partial charge in [0.25, 0.3) is 0 Å². The van der Waals surface area contributed by atoms with E-state index in [-0.39, 0.29) is 6.61 Å². The average molecular weight is 261 g/mol. The van der Waals surface area contributed by atoms with Crippen LogP contribution in [-0.4, -0.2) is 31.0 Å². The van der Waals surface area contributed by atoms with Gasteiger partial charge in [0, 0.05) is 25.1 Å². The molecule has 0 saturated heterocycles. The Hall–Kier alpha value is -1.52. The Balaban J connectivity index is 1.57. The quantitative estimate of drug-likeness (QED) is 0.806. The Labute approximate surface area is 113 Å². The maximum absolute atomic E-state index is 9.09. The largest absolute Gasteiger partial charge is 0.486 e. The molecule has 1 aromatic carbocycles. The molecule has 0 spiro atoms. The first-order valence-electron chi connectivity index (χ1n) is 6.76. The van der Waals surface area contributed by atoms with Crippen LogP contribution in [0.3, 0.4) is 0 Å². The van der Waals surface area contributed by atoms with E-state index < -0.39 is 0 Å². The van der Waals surface area contributed by atoms with Crippen molar-refractivity contribution in [2.45, 2.75) is 19.0 Å². The minimum Gasteiger partial charge on any atom is -0.486 e. The van der Waals surface area contributed by atoms with Crippen LogP contribution >= 0.6 is 0 Å². The number of nitrogens with one attached hydrogen (secondary N) is 1. The fourth-order valence-corrected chi connectivity index (χ4v) is 2.51. The fourth-order valence-electron chi connectivity index (χ4n) is 2.51. The van der Waals surface area contributed by atoms with Crippen molar-refractivity contribution in [3.8, 4) is 11.5 Å². The van der Waals surface area contributed by atoms with Crippen molar-refractivity contribution in [2.75, 3.05) is 19.8 Å². The van der Waals surface area contributed by atoms with E-state index in [4.69, 9.17) is 14.6 Å². The number of hydrogen-bond donors (Lipinski definition) is 2. The molecule has 102 valence electrons. The van der Waals surface area contributed by atoms with Crippen LogP contribution < -0.4 is 14.8 Å². The second-order valence-corrected chi connectivity index (χ2v) is 5.03. The Bertz CT molecular complexity index is 472. The molecule has 0 unspecified atom stereocenters. The van der Waals surface area contributed by atoms with Crippen LogP contribution in [-0.2, 0) is 6.54 Å². The number of rotatable bonds is 4. The summed E-state index contributed by atoms with van der Waals surface area (Å²) in [6, 6.07) is 6.41. The lowest BCUT2D eigenvalue weighted by molar-refractivity contribution is 0.171. The summed E-state index contributed by atoms with van der Waals surface area (Å²) in [6.45, 7) is 2.27. The summed E-state index contributed by atoms with van der Waals surface area (Å²) in [4.78, 5) is 0. The maximum atomic E-state index is 9.09. The van der Waals surface area contributed by atoms with Gasteiger partial charge in [0.2, 0.25) is 0 Å². The highest BCUT2D eigenvalue weighted by atomic mass is 16.6. The van der Waals surface area contributed by atoms with Gasteiger partial charge in [0.05, 0.1) is 0 Å². The Kier molecular flexibility index (Phi) is 3.71. The summed E-state index contributed by atoms with van der Waals surface area (Å²) >= 11 is 0. The third-order valence-electron chi connectivity index (χ3n) is 3.58. The molecule has 1 aromatic rings. The molecule has 0 fully saturated rings. The van der Waals surface area contributed by atoms with Crippen molar-refractivity contribution in [2.24, 2.45) is 5.92 Å². The maximum Gasteiger partial charge on any atom is 0.161 e. The van der Waals surface area contributed by atoms with E-state index in [9.17, 15) is 0 Å². The van der Waals surface area contributed by atoms with Gasteiger partial charge in [-0.2, -0.15) is 0 Å². The van der Waals surface area contributed by atoms with Gasteiger partial charge >= 0.3 is 0 Å². The van der Waals surface area contributed by atoms with E-state index in [1.807, 2.05) is 12.1 Å². The van der Waals surface area contributed by atoms with Crippen LogP contribution in [0.5, 0.6) is 11.5 Å². The van der Waals surface area contributed by atoms with Crippen LogP contribution in [0.25, 0.3) is 0 Å². The fraction of sp³-hybridized carbons (Fsp3) is 0.467. The number of ether oxygens (including phenoxy) is 2. The van der Waals surface area contributed by atoms with E-state index in [1.54, 1.807) is 0 Å². The second-order valence-electron chi connectivity index (χ2n) is 5.03. The predicted octanol–water partition coefficient (Wildman–Crippen LogP) is 1.48. The molecule has 0 aromatic heterocycles. The molecule has 2 aliphatic rings. The molecular weight excluding hydrogens is 242 g/mol. The molecule has 0 radical (unpaired) electrons. The SMILES string of the molecule is OC[C@H]1C=C[C@@H](NCc2ccc3c(c2)OCCO3)C1. The zero-order valence-corrected chi connectivity index (χ0v) is 10.8. The molecule has 2 N–H and O–H groups in total. The lowest BCUT2D eigenvalue weighted by Gasteiger charge is -2.19. The molecular formula is C15H19NO3. The topological polar surface area (TPSA) is 50.7 Å². The molecule has 4 nitrogen and oxygen atoms in total. The van der Waals surface area contributed by atoms with Gasteiger partial charge in [0.1, 0.15) is 13.2 Å². The number of benzene rings is 1. The van der Waals surface area contributed by atoms with Gasteiger partial charge in [-0.1, -0.05) is 18.2 Å². The molecule has 1 heterocycles. The average Bonchev–Trinajstić information content (AvgIpc) is 2.93. The summed E-state index contributed by atoms with van der Waals surface area (Å²) in [5.74, 6) is 1.97. The van der Waals surface area contributed by atoms with Crippen molar-refractivity contribution in [3.05, 3.63) is 35.9 Å². The zero-order valence-electron chi connectivity index (χ0n) is 10.8. The van der Waals surface area contributed by atoms with E-state index >= 15 is 0 Å². The Morgan fingerprint density at radius 1 is 1.16 bits per heavy atom. The first kappa shape index (κ1) is 12.5. The van der Waals surface area contributed by atoms with Crippen molar-refractivity contribution in [1.82, 2.24) is 5.32 Å². The first-order valence-corrected chi connectivity index (χ1v) is 6.76. The molecule has 4 heteroatoms. The highest BCUT2D eigenvalue weighted by Crippen LogP contribution is 2.30. The number of aliphatic hydroxyl groups excluding tert-OH is 1. The van der Waals surface area contributed by atoms with Gasteiger partial charge in [0.15, 0.2) is 11.5 Å².